The minimum absolute atomic E-state index is 0.0451. The quantitative estimate of drug-likeness (QED) is 0.100. The third kappa shape index (κ3) is 7.33. The lowest BCUT2D eigenvalue weighted by molar-refractivity contribution is -0.171. The normalized spacial score (nSPS) is 26.4. The Bertz CT molecular complexity index is 1770. The number of amides is 1. The maximum absolute atomic E-state index is 13.0. The van der Waals surface area contributed by atoms with Crippen molar-refractivity contribution in [3.63, 3.8) is 0 Å². The minimum atomic E-state index is -5.77. The highest BCUT2D eigenvalue weighted by molar-refractivity contribution is 7.71. The molecule has 8 N–H and O–H groups in total. The summed E-state index contributed by atoms with van der Waals surface area (Å²) >= 11 is 5.20. The van der Waals surface area contributed by atoms with Crippen molar-refractivity contribution in [3.8, 4) is 0 Å². The van der Waals surface area contributed by atoms with Crippen LogP contribution in [0.1, 0.15) is 17.6 Å². The maximum Gasteiger partial charge on any atom is 0.490 e. The average Bonchev–Trinajstić information content (AvgIpc) is 3.63. The first-order valence-corrected chi connectivity index (χ1v) is 17.1. The van der Waals surface area contributed by atoms with Crippen LogP contribution < -0.4 is 11.1 Å². The molecule has 1 amide bonds. The van der Waals surface area contributed by atoms with Crippen molar-refractivity contribution in [2.75, 3.05) is 12.3 Å². The Morgan fingerprint density at radius 2 is 1.86 bits per heavy atom. The Labute approximate surface area is 250 Å². The van der Waals surface area contributed by atoms with E-state index in [2.05, 4.69) is 34.0 Å². The van der Waals surface area contributed by atoms with Gasteiger partial charge in [0.2, 0.25) is 6.29 Å². The number of nitrogen functional groups attached to an aromatic ring is 1. The predicted molar refractivity (Wildman–Crippen MR) is 144 cm³/mol. The number of aryl methyl sites for hydroxylation is 2. The van der Waals surface area contributed by atoms with Crippen LogP contribution in [0, 0.1) is 11.6 Å². The highest BCUT2D eigenvalue weighted by atomic mass is 32.1. The third-order valence-electron chi connectivity index (χ3n) is 6.23. The van der Waals surface area contributed by atoms with Crippen molar-refractivity contribution in [2.45, 2.75) is 44.3 Å². The van der Waals surface area contributed by atoms with E-state index in [1.165, 1.54) is 10.9 Å². The summed E-state index contributed by atoms with van der Waals surface area (Å²) in [6.07, 6.45) is -4.85. The van der Waals surface area contributed by atoms with Gasteiger partial charge in [-0.05, 0) is 13.0 Å². The van der Waals surface area contributed by atoms with Gasteiger partial charge in [-0.25, -0.2) is 23.7 Å². The first-order valence-electron chi connectivity index (χ1n) is 12.2. The number of rotatable bonds is 11. The smallest absolute Gasteiger partial charge is 0.369 e. The molecule has 5 heterocycles. The lowest BCUT2D eigenvalue weighted by Gasteiger charge is -2.22. The van der Waals surface area contributed by atoms with Gasteiger partial charge in [0.15, 0.2) is 16.8 Å². The Kier molecular flexibility index (Phi) is 9.01. The molecule has 0 bridgehead atoms. The van der Waals surface area contributed by atoms with Gasteiger partial charge in [-0.1, -0.05) is 12.2 Å². The Balaban J connectivity index is 1.35. The molecule has 3 aromatic rings. The van der Waals surface area contributed by atoms with E-state index in [0.717, 1.165) is 5.69 Å². The zero-order valence-electron chi connectivity index (χ0n) is 22.4. The molecular formula is C18H25N8O14P3S. The van der Waals surface area contributed by atoms with E-state index in [-0.39, 0.29) is 28.3 Å². The molecule has 3 aromatic heterocycles. The third-order valence-corrected chi connectivity index (χ3v) is 10.3. The van der Waals surface area contributed by atoms with Crippen molar-refractivity contribution in [2.24, 2.45) is 7.05 Å². The second-order valence-electron chi connectivity index (χ2n) is 9.38. The highest BCUT2D eigenvalue weighted by Crippen LogP contribution is 2.66. The molecule has 0 aromatic carbocycles. The first kappa shape index (κ1) is 32.9. The Morgan fingerprint density at radius 1 is 1.16 bits per heavy atom. The molecule has 26 heteroatoms. The van der Waals surface area contributed by atoms with Gasteiger partial charge >= 0.3 is 23.5 Å². The number of ether oxygens (including phenoxy) is 3. The SMILES string of the molecule is Cc1cc(CNC(=O)C2O[C@@H]3[C@H](O2)[C@@H](COP(=O)(O)OP(=O)(O)OP(=O)(O)O)O[C@H]3n2cnc3c(=S)nc(N)[nH]c32)nn1C. The largest absolute Gasteiger partial charge is 0.490 e. The van der Waals surface area contributed by atoms with E-state index in [9.17, 15) is 28.3 Å². The summed E-state index contributed by atoms with van der Waals surface area (Å²) in [6.45, 7) is 1.00. The van der Waals surface area contributed by atoms with Crippen LogP contribution >= 0.6 is 35.7 Å². The summed E-state index contributed by atoms with van der Waals surface area (Å²) in [4.78, 5) is 60.7. The molecule has 5 rings (SSSR count). The van der Waals surface area contributed by atoms with Crippen molar-refractivity contribution in [1.82, 2.24) is 34.6 Å². The van der Waals surface area contributed by atoms with Gasteiger partial charge < -0.3 is 49.8 Å². The number of imidazole rings is 1. The number of phosphoric ester groups is 1. The zero-order chi connectivity index (χ0) is 32.2. The van der Waals surface area contributed by atoms with Crippen LogP contribution in [-0.4, -0.2) is 86.0 Å². The predicted octanol–water partition coefficient (Wildman–Crippen LogP) is -0.220. The number of aromatic nitrogens is 6. The molecule has 2 saturated heterocycles. The van der Waals surface area contributed by atoms with Crippen molar-refractivity contribution < 1.29 is 65.4 Å². The number of aromatic amines is 1. The van der Waals surface area contributed by atoms with Gasteiger partial charge in [-0.3, -0.25) is 18.6 Å². The number of carbonyl (C=O) groups is 1. The lowest BCUT2D eigenvalue weighted by atomic mass is 10.1. The number of nitrogens with two attached hydrogens (primary N) is 1. The van der Waals surface area contributed by atoms with Crippen molar-refractivity contribution in [3.05, 3.63) is 28.4 Å². The molecule has 2 aliphatic rings. The number of carbonyl (C=O) groups excluding carboxylic acids is 1. The average molecular weight is 702 g/mol. The van der Waals surface area contributed by atoms with Crippen LogP contribution in [-0.2, 0) is 59.4 Å². The first-order chi connectivity index (χ1) is 20.4. The van der Waals surface area contributed by atoms with E-state index < -0.39 is 66.8 Å². The lowest BCUT2D eigenvalue weighted by Crippen LogP contribution is -2.37. The number of fused-ring (bicyclic) bond motifs is 2. The van der Waals surface area contributed by atoms with E-state index >= 15 is 0 Å². The van der Waals surface area contributed by atoms with Gasteiger partial charge in [-0.2, -0.15) is 13.7 Å². The number of H-pyrrole nitrogens is 1. The maximum atomic E-state index is 13.0. The highest BCUT2D eigenvalue weighted by Gasteiger charge is 2.56. The van der Waals surface area contributed by atoms with Crippen LogP contribution in [0.4, 0.5) is 5.95 Å². The Morgan fingerprint density at radius 3 is 2.52 bits per heavy atom. The molecular weight excluding hydrogens is 677 g/mol. The molecule has 242 valence electrons. The monoisotopic (exact) mass is 702 g/mol. The fourth-order valence-corrected chi connectivity index (χ4v) is 7.69. The van der Waals surface area contributed by atoms with Crippen LogP contribution in [0.2, 0.25) is 0 Å². The summed E-state index contributed by atoms with van der Waals surface area (Å²) < 4.78 is 67.9. The Hall–Kier alpha value is -2.46. The van der Waals surface area contributed by atoms with E-state index in [1.54, 1.807) is 17.8 Å². The summed E-state index contributed by atoms with van der Waals surface area (Å²) in [5.41, 5.74) is 7.72. The number of nitrogens with zero attached hydrogens (tertiary/aromatic N) is 5. The molecule has 2 aliphatic heterocycles. The van der Waals surface area contributed by atoms with Gasteiger partial charge in [0.25, 0.3) is 5.91 Å². The zero-order valence-corrected chi connectivity index (χ0v) is 25.9. The second kappa shape index (κ2) is 12.0. The van der Waals surface area contributed by atoms with Gasteiger partial charge in [0.05, 0.1) is 25.2 Å². The number of nitrogens with one attached hydrogen (secondary N) is 2. The van der Waals surface area contributed by atoms with Crippen LogP contribution in [0.3, 0.4) is 0 Å². The molecule has 3 unspecified atom stereocenters. The van der Waals surface area contributed by atoms with E-state index in [1.807, 2.05) is 6.92 Å². The molecule has 22 nitrogen and oxygen atoms in total. The standard InChI is InChI=1S/C18H25N8O14P3S/c1-7-3-8(24-25(7)2)4-20-14(27)17-37-11-9(5-35-42(31,32)40-43(33,34)39-41(28,29)30)36-16(12(11)38-17)26-6-21-10-13(26)22-18(19)23-15(10)44/h3,6,9,11-12,16-17H,4-5H2,1-2H3,(H,20,27)(H,31,32)(H,33,34)(H2,28,29,30)(H3,19,22,23,44)/t9-,11-,12-,16-,17?/m1/s1. The molecule has 0 aliphatic carbocycles. The van der Waals surface area contributed by atoms with E-state index in [4.69, 9.17) is 46.5 Å². The van der Waals surface area contributed by atoms with Gasteiger partial charge in [0.1, 0.15) is 29.5 Å². The second-order valence-corrected chi connectivity index (χ2v) is 14.2. The van der Waals surface area contributed by atoms with Gasteiger partial charge in [0, 0.05) is 12.7 Å². The number of hydrogen-bond donors (Lipinski definition) is 7. The molecule has 2 fully saturated rings. The molecule has 0 spiro atoms. The number of phosphoric acid groups is 3. The molecule has 44 heavy (non-hydrogen) atoms. The summed E-state index contributed by atoms with van der Waals surface area (Å²) in [7, 11) is -15.1. The minimum Gasteiger partial charge on any atom is -0.369 e. The van der Waals surface area contributed by atoms with Crippen LogP contribution in [0.15, 0.2) is 12.4 Å². The fraction of sp³-hybridized carbons (Fsp3) is 0.500. The number of anilines is 1. The van der Waals surface area contributed by atoms with Gasteiger partial charge in [-0.15, -0.1) is 0 Å². The number of hydrogen-bond acceptors (Lipinski definition) is 15. The van der Waals surface area contributed by atoms with Crippen molar-refractivity contribution in [1.29, 1.82) is 0 Å². The molecule has 0 saturated carbocycles. The molecule has 7 atom stereocenters. The summed E-state index contributed by atoms with van der Waals surface area (Å²) in [5.74, 6) is -0.731. The fourth-order valence-electron chi connectivity index (χ4n) is 4.42. The summed E-state index contributed by atoms with van der Waals surface area (Å²) in [6, 6.07) is 1.77. The topological polar surface area (TPSA) is 307 Å². The van der Waals surface area contributed by atoms with E-state index in [0.29, 0.717) is 5.69 Å². The summed E-state index contributed by atoms with van der Waals surface area (Å²) in [5, 5.41) is 6.89. The van der Waals surface area contributed by atoms with Crippen molar-refractivity contribution >= 4 is 58.7 Å². The van der Waals surface area contributed by atoms with Crippen LogP contribution in [0.25, 0.3) is 11.2 Å². The molecule has 0 radical (unpaired) electrons. The van der Waals surface area contributed by atoms with Crippen LogP contribution in [0.5, 0.6) is 0 Å².